The smallest absolute Gasteiger partial charge is 0.132 e. The molecule has 0 bridgehead atoms. The Kier molecular flexibility index (Phi) is 4.30. The molecule has 1 heterocycles. The minimum Gasteiger partial charge on any atom is -0.487 e. The summed E-state index contributed by atoms with van der Waals surface area (Å²) in [6.07, 6.45) is 0.965. The van der Waals surface area contributed by atoms with E-state index in [0.717, 1.165) is 24.4 Å². The maximum absolute atomic E-state index is 9.23. The summed E-state index contributed by atoms with van der Waals surface area (Å²) in [5.41, 5.74) is 1.42. The van der Waals surface area contributed by atoms with Crippen LogP contribution in [0.1, 0.15) is 24.7 Å². The molecule has 5 heteroatoms. The average molecular weight is 247 g/mol. The highest BCUT2D eigenvalue weighted by atomic mass is 16.5. The Balaban J connectivity index is 2.10. The van der Waals surface area contributed by atoms with Crippen LogP contribution in [0, 0.1) is 0 Å². The first-order chi connectivity index (χ1) is 8.85. The van der Waals surface area contributed by atoms with Crippen molar-refractivity contribution >= 4 is 0 Å². The second-order valence-electron chi connectivity index (χ2n) is 3.97. The molecule has 0 saturated heterocycles. The number of nitrogens with zero attached hydrogens (tertiary/aromatic N) is 3. The zero-order valence-electron chi connectivity index (χ0n) is 10.4. The Labute approximate surface area is 106 Å². The highest BCUT2D eigenvalue weighted by Gasteiger charge is 2.12. The van der Waals surface area contributed by atoms with E-state index in [1.165, 1.54) is 0 Å². The number of para-hydroxylation sites is 1. The van der Waals surface area contributed by atoms with Crippen LogP contribution in [0.5, 0.6) is 5.75 Å². The normalized spacial score (nSPS) is 10.6. The van der Waals surface area contributed by atoms with Crippen molar-refractivity contribution in [2.75, 3.05) is 0 Å². The van der Waals surface area contributed by atoms with Gasteiger partial charge in [-0.25, -0.2) is 4.68 Å². The van der Waals surface area contributed by atoms with Crippen LogP contribution in [0.3, 0.4) is 0 Å². The Hall–Kier alpha value is -1.88. The molecular formula is C13H17N3O2. The van der Waals surface area contributed by atoms with Gasteiger partial charge in [0.2, 0.25) is 0 Å². The lowest BCUT2D eigenvalue weighted by atomic mass is 10.3. The zero-order chi connectivity index (χ0) is 12.8. The van der Waals surface area contributed by atoms with Crippen molar-refractivity contribution in [3.63, 3.8) is 0 Å². The summed E-state index contributed by atoms with van der Waals surface area (Å²) in [6, 6.07) is 9.57. The Morgan fingerprint density at radius 1 is 1.28 bits per heavy atom. The van der Waals surface area contributed by atoms with Crippen molar-refractivity contribution in [2.24, 2.45) is 0 Å². The summed E-state index contributed by atoms with van der Waals surface area (Å²) in [6.45, 7) is 3.10. The first kappa shape index (κ1) is 12.6. The number of aliphatic hydroxyl groups is 1. The monoisotopic (exact) mass is 247 g/mol. The third kappa shape index (κ3) is 2.87. The van der Waals surface area contributed by atoms with Crippen molar-refractivity contribution in [2.45, 2.75) is 33.1 Å². The standard InChI is InChI=1S/C13H17N3O2/c1-2-8-16-13(12(9-17)14-15-16)10-18-11-6-4-3-5-7-11/h3-7,17H,2,8-10H2,1H3. The van der Waals surface area contributed by atoms with Gasteiger partial charge in [-0.15, -0.1) is 5.10 Å². The Morgan fingerprint density at radius 3 is 2.72 bits per heavy atom. The van der Waals surface area contributed by atoms with Gasteiger partial charge >= 0.3 is 0 Å². The molecule has 0 spiro atoms. The van der Waals surface area contributed by atoms with E-state index in [0.29, 0.717) is 12.3 Å². The molecule has 0 aliphatic heterocycles. The largest absolute Gasteiger partial charge is 0.487 e. The van der Waals surface area contributed by atoms with Crippen LogP contribution in [-0.4, -0.2) is 20.1 Å². The number of ether oxygens (including phenoxy) is 1. The van der Waals surface area contributed by atoms with Crippen molar-refractivity contribution in [3.05, 3.63) is 41.7 Å². The van der Waals surface area contributed by atoms with Gasteiger partial charge in [0.25, 0.3) is 0 Å². The van der Waals surface area contributed by atoms with E-state index in [2.05, 4.69) is 17.2 Å². The summed E-state index contributed by atoms with van der Waals surface area (Å²) < 4.78 is 7.45. The summed E-state index contributed by atoms with van der Waals surface area (Å²) in [7, 11) is 0. The van der Waals surface area contributed by atoms with Gasteiger partial charge < -0.3 is 9.84 Å². The number of hydrogen-bond donors (Lipinski definition) is 1. The highest BCUT2D eigenvalue weighted by Crippen LogP contribution is 2.13. The predicted molar refractivity (Wildman–Crippen MR) is 67.0 cm³/mol. The lowest BCUT2D eigenvalue weighted by Crippen LogP contribution is -2.09. The van der Waals surface area contributed by atoms with Crippen molar-refractivity contribution in [1.82, 2.24) is 15.0 Å². The second-order valence-corrected chi connectivity index (χ2v) is 3.97. The topological polar surface area (TPSA) is 60.2 Å². The van der Waals surface area contributed by atoms with Crippen LogP contribution in [0.2, 0.25) is 0 Å². The van der Waals surface area contributed by atoms with Crippen LogP contribution < -0.4 is 4.74 Å². The second kappa shape index (κ2) is 6.16. The molecule has 2 rings (SSSR count). The van der Waals surface area contributed by atoms with Gasteiger partial charge in [-0.2, -0.15) is 0 Å². The van der Waals surface area contributed by atoms with Crippen molar-refractivity contribution in [3.8, 4) is 5.75 Å². The fourth-order valence-corrected chi connectivity index (χ4v) is 1.71. The molecule has 0 radical (unpaired) electrons. The van der Waals surface area contributed by atoms with Crippen LogP contribution in [0.15, 0.2) is 30.3 Å². The highest BCUT2D eigenvalue weighted by molar-refractivity contribution is 5.21. The SMILES string of the molecule is CCCn1nnc(CO)c1COc1ccccc1. The van der Waals surface area contributed by atoms with Crippen LogP contribution in [0.25, 0.3) is 0 Å². The first-order valence-electron chi connectivity index (χ1n) is 6.05. The fraction of sp³-hybridized carbons (Fsp3) is 0.385. The number of aromatic nitrogens is 3. The van der Waals surface area contributed by atoms with E-state index in [1.807, 2.05) is 30.3 Å². The van der Waals surface area contributed by atoms with E-state index in [4.69, 9.17) is 4.74 Å². The molecule has 1 aromatic carbocycles. The molecule has 1 N–H and O–H groups in total. The average Bonchev–Trinajstić information content (AvgIpc) is 2.80. The molecule has 2 aromatic rings. The van der Waals surface area contributed by atoms with E-state index >= 15 is 0 Å². The number of rotatable bonds is 6. The molecule has 96 valence electrons. The quantitative estimate of drug-likeness (QED) is 0.845. The van der Waals surface area contributed by atoms with E-state index in [-0.39, 0.29) is 6.61 Å². The Bertz CT molecular complexity index is 482. The molecule has 18 heavy (non-hydrogen) atoms. The fourth-order valence-electron chi connectivity index (χ4n) is 1.71. The summed E-state index contributed by atoms with van der Waals surface area (Å²) in [5.74, 6) is 0.797. The third-order valence-electron chi connectivity index (χ3n) is 2.62. The molecule has 0 aliphatic carbocycles. The first-order valence-corrected chi connectivity index (χ1v) is 6.05. The number of hydrogen-bond acceptors (Lipinski definition) is 4. The van der Waals surface area contributed by atoms with Gasteiger partial charge in [0, 0.05) is 6.54 Å². The van der Waals surface area contributed by atoms with Gasteiger partial charge in [0.05, 0.1) is 6.61 Å². The molecular weight excluding hydrogens is 230 g/mol. The molecule has 0 unspecified atom stereocenters. The predicted octanol–water partition coefficient (Wildman–Crippen LogP) is 1.76. The van der Waals surface area contributed by atoms with Crippen molar-refractivity contribution in [1.29, 1.82) is 0 Å². The summed E-state index contributed by atoms with van der Waals surface area (Å²) >= 11 is 0. The maximum Gasteiger partial charge on any atom is 0.132 e. The molecule has 1 aromatic heterocycles. The van der Waals surface area contributed by atoms with Gasteiger partial charge in [-0.1, -0.05) is 30.3 Å². The van der Waals surface area contributed by atoms with Gasteiger partial charge in [0.1, 0.15) is 23.7 Å². The lowest BCUT2D eigenvalue weighted by molar-refractivity contribution is 0.261. The maximum atomic E-state index is 9.23. The van der Waals surface area contributed by atoms with Crippen LogP contribution >= 0.6 is 0 Å². The molecule has 0 fully saturated rings. The van der Waals surface area contributed by atoms with Gasteiger partial charge in [0.15, 0.2) is 0 Å². The minimum atomic E-state index is -0.114. The Morgan fingerprint density at radius 2 is 2.06 bits per heavy atom. The third-order valence-corrected chi connectivity index (χ3v) is 2.62. The van der Waals surface area contributed by atoms with Crippen molar-refractivity contribution < 1.29 is 9.84 Å². The summed E-state index contributed by atoms with van der Waals surface area (Å²) in [4.78, 5) is 0. The molecule has 0 amide bonds. The number of benzene rings is 1. The number of aryl methyl sites for hydroxylation is 1. The number of aliphatic hydroxyl groups excluding tert-OH is 1. The summed E-state index contributed by atoms with van der Waals surface area (Å²) in [5, 5.41) is 17.2. The molecule has 0 saturated carbocycles. The molecule has 5 nitrogen and oxygen atoms in total. The van der Waals surface area contributed by atoms with Gasteiger partial charge in [-0.05, 0) is 18.6 Å². The van der Waals surface area contributed by atoms with E-state index in [9.17, 15) is 5.11 Å². The zero-order valence-corrected chi connectivity index (χ0v) is 10.4. The van der Waals surface area contributed by atoms with E-state index < -0.39 is 0 Å². The van der Waals surface area contributed by atoms with Crippen LogP contribution in [0.4, 0.5) is 0 Å². The van der Waals surface area contributed by atoms with E-state index in [1.54, 1.807) is 4.68 Å². The minimum absolute atomic E-state index is 0.114. The van der Waals surface area contributed by atoms with Gasteiger partial charge in [-0.3, -0.25) is 0 Å². The molecule has 0 aliphatic rings. The molecule has 0 atom stereocenters. The lowest BCUT2D eigenvalue weighted by Gasteiger charge is -2.08. The van der Waals surface area contributed by atoms with Crippen LogP contribution in [-0.2, 0) is 19.8 Å².